The highest BCUT2D eigenvalue weighted by Crippen LogP contribution is 2.47. The highest BCUT2D eigenvalue weighted by atomic mass is 32.1. The van der Waals surface area contributed by atoms with Gasteiger partial charge in [-0.25, -0.2) is 0 Å². The van der Waals surface area contributed by atoms with Crippen LogP contribution in [0.4, 0.5) is 0 Å². The Balaban J connectivity index is 2.18. The minimum Gasteiger partial charge on any atom is -0.319 e. The molecule has 0 radical (unpaired) electrons. The first-order chi connectivity index (χ1) is 8.02. The second-order valence-electron chi connectivity index (χ2n) is 6.28. The maximum absolute atomic E-state index is 3.38. The normalized spacial score (nSPS) is 28.2. The highest BCUT2D eigenvalue weighted by Gasteiger charge is 2.35. The van der Waals surface area contributed by atoms with Crippen molar-refractivity contribution in [1.82, 2.24) is 5.32 Å². The topological polar surface area (TPSA) is 12.0 Å². The Morgan fingerprint density at radius 3 is 2.76 bits per heavy atom. The molecule has 0 bridgehead atoms. The fourth-order valence-corrected chi connectivity index (χ4v) is 4.20. The van der Waals surface area contributed by atoms with Crippen LogP contribution in [0.3, 0.4) is 0 Å². The molecule has 1 N–H and O–H groups in total. The molecule has 0 aromatic carbocycles. The second-order valence-corrected chi connectivity index (χ2v) is 7.60. The van der Waals surface area contributed by atoms with Gasteiger partial charge in [0.1, 0.15) is 0 Å². The lowest BCUT2D eigenvalue weighted by Crippen LogP contribution is -2.33. The zero-order valence-corrected chi connectivity index (χ0v) is 12.4. The number of hydrogen-bond acceptors (Lipinski definition) is 2. The van der Waals surface area contributed by atoms with E-state index in [2.05, 4.69) is 45.3 Å². The third kappa shape index (κ3) is 3.11. The Bertz CT molecular complexity index is 367. The molecule has 0 amide bonds. The standard InChI is InChI=1S/C15H25NS/c1-11-5-6-14(17-11)13-9-15(2,3)8-7-12(13)10-16-4/h5-6,12-13,16H,7-10H2,1-4H3. The molecular weight excluding hydrogens is 226 g/mol. The van der Waals surface area contributed by atoms with Crippen molar-refractivity contribution in [2.75, 3.05) is 13.6 Å². The van der Waals surface area contributed by atoms with Gasteiger partial charge < -0.3 is 5.32 Å². The largest absolute Gasteiger partial charge is 0.319 e. The van der Waals surface area contributed by atoms with Gasteiger partial charge in [0.25, 0.3) is 0 Å². The lowest BCUT2D eigenvalue weighted by atomic mass is 9.66. The first-order valence-electron chi connectivity index (χ1n) is 6.73. The van der Waals surface area contributed by atoms with E-state index in [4.69, 9.17) is 0 Å². The lowest BCUT2D eigenvalue weighted by molar-refractivity contribution is 0.163. The first kappa shape index (κ1) is 13.1. The summed E-state index contributed by atoms with van der Waals surface area (Å²) < 4.78 is 0. The maximum atomic E-state index is 3.38. The van der Waals surface area contributed by atoms with Crippen LogP contribution in [0.2, 0.25) is 0 Å². The molecule has 0 saturated heterocycles. The highest BCUT2D eigenvalue weighted by molar-refractivity contribution is 7.12. The molecule has 0 aliphatic heterocycles. The molecule has 96 valence electrons. The van der Waals surface area contributed by atoms with Crippen molar-refractivity contribution in [1.29, 1.82) is 0 Å². The molecule has 1 aliphatic rings. The predicted molar refractivity (Wildman–Crippen MR) is 76.8 cm³/mol. The van der Waals surface area contributed by atoms with Crippen LogP contribution < -0.4 is 5.32 Å². The number of thiophene rings is 1. The van der Waals surface area contributed by atoms with E-state index in [1.807, 2.05) is 11.3 Å². The van der Waals surface area contributed by atoms with Gasteiger partial charge in [-0.15, -0.1) is 11.3 Å². The van der Waals surface area contributed by atoms with Crippen LogP contribution in [0.25, 0.3) is 0 Å². The molecule has 1 nitrogen and oxygen atoms in total. The fourth-order valence-electron chi connectivity index (χ4n) is 3.13. The zero-order chi connectivity index (χ0) is 12.5. The van der Waals surface area contributed by atoms with Crippen molar-refractivity contribution in [3.63, 3.8) is 0 Å². The molecule has 2 rings (SSSR count). The van der Waals surface area contributed by atoms with Gasteiger partial charge in [0.05, 0.1) is 0 Å². The van der Waals surface area contributed by atoms with Gasteiger partial charge >= 0.3 is 0 Å². The molecule has 1 fully saturated rings. The molecule has 2 unspecified atom stereocenters. The minimum absolute atomic E-state index is 0.521. The van der Waals surface area contributed by atoms with E-state index in [-0.39, 0.29) is 0 Å². The maximum Gasteiger partial charge on any atom is 0.00824 e. The van der Waals surface area contributed by atoms with Gasteiger partial charge in [-0.3, -0.25) is 0 Å². The Labute approximate surface area is 110 Å². The van der Waals surface area contributed by atoms with Crippen LogP contribution >= 0.6 is 11.3 Å². The van der Waals surface area contributed by atoms with Gasteiger partial charge in [-0.1, -0.05) is 13.8 Å². The molecule has 1 heterocycles. The monoisotopic (exact) mass is 251 g/mol. The van der Waals surface area contributed by atoms with E-state index in [0.717, 1.165) is 18.4 Å². The molecule has 17 heavy (non-hydrogen) atoms. The minimum atomic E-state index is 0.521. The summed E-state index contributed by atoms with van der Waals surface area (Å²) in [6, 6.07) is 4.63. The van der Waals surface area contributed by atoms with Crippen LogP contribution in [-0.2, 0) is 0 Å². The SMILES string of the molecule is CNCC1CCC(C)(C)CC1c1ccc(C)s1. The van der Waals surface area contributed by atoms with Gasteiger partial charge in [0.2, 0.25) is 0 Å². The number of aryl methyl sites for hydroxylation is 1. The Hall–Kier alpha value is -0.340. The molecule has 1 aromatic rings. The molecular formula is C15H25NS. The summed E-state index contributed by atoms with van der Waals surface area (Å²) >= 11 is 2.00. The lowest BCUT2D eigenvalue weighted by Gasteiger charge is -2.40. The second kappa shape index (κ2) is 5.11. The van der Waals surface area contributed by atoms with Crippen LogP contribution in [0.15, 0.2) is 12.1 Å². The molecule has 1 saturated carbocycles. The van der Waals surface area contributed by atoms with Gasteiger partial charge in [0, 0.05) is 9.75 Å². The Morgan fingerprint density at radius 1 is 1.41 bits per heavy atom. The molecule has 1 aliphatic carbocycles. The van der Waals surface area contributed by atoms with E-state index >= 15 is 0 Å². The van der Waals surface area contributed by atoms with Crippen LogP contribution in [-0.4, -0.2) is 13.6 Å². The smallest absolute Gasteiger partial charge is 0.00824 e. The predicted octanol–water partition coefficient (Wildman–Crippen LogP) is 4.19. The summed E-state index contributed by atoms with van der Waals surface area (Å²) in [6.07, 6.45) is 4.09. The van der Waals surface area contributed by atoms with E-state index < -0.39 is 0 Å². The average Bonchev–Trinajstić information content (AvgIpc) is 2.67. The Kier molecular flexibility index (Phi) is 3.94. The third-order valence-electron chi connectivity index (χ3n) is 4.13. The molecule has 0 spiro atoms. The van der Waals surface area contributed by atoms with Gasteiger partial charge in [0.15, 0.2) is 0 Å². The molecule has 2 atom stereocenters. The van der Waals surface area contributed by atoms with Crippen LogP contribution in [0, 0.1) is 18.3 Å². The van der Waals surface area contributed by atoms with Crippen LogP contribution in [0.1, 0.15) is 48.8 Å². The number of rotatable bonds is 3. The van der Waals surface area contributed by atoms with Crippen LogP contribution in [0.5, 0.6) is 0 Å². The van der Waals surface area contributed by atoms with Crippen molar-refractivity contribution in [3.8, 4) is 0 Å². The van der Waals surface area contributed by atoms with Crippen molar-refractivity contribution in [2.24, 2.45) is 11.3 Å². The first-order valence-corrected chi connectivity index (χ1v) is 7.54. The third-order valence-corrected chi connectivity index (χ3v) is 5.26. The van der Waals surface area contributed by atoms with E-state index in [1.54, 1.807) is 4.88 Å². The summed E-state index contributed by atoms with van der Waals surface area (Å²) in [5.74, 6) is 1.59. The number of hydrogen-bond donors (Lipinski definition) is 1. The molecule has 1 aromatic heterocycles. The number of nitrogens with one attached hydrogen (secondary N) is 1. The van der Waals surface area contributed by atoms with Crippen molar-refractivity contribution < 1.29 is 0 Å². The van der Waals surface area contributed by atoms with E-state index in [1.165, 1.54) is 24.1 Å². The quantitative estimate of drug-likeness (QED) is 0.849. The van der Waals surface area contributed by atoms with Crippen molar-refractivity contribution in [3.05, 3.63) is 21.9 Å². The molecule has 2 heteroatoms. The Morgan fingerprint density at radius 2 is 2.18 bits per heavy atom. The van der Waals surface area contributed by atoms with Gasteiger partial charge in [-0.05, 0) is 69.2 Å². The summed E-state index contributed by atoms with van der Waals surface area (Å²) in [5, 5.41) is 3.38. The summed E-state index contributed by atoms with van der Waals surface area (Å²) in [5.41, 5.74) is 0.521. The fraction of sp³-hybridized carbons (Fsp3) is 0.733. The van der Waals surface area contributed by atoms with E-state index in [0.29, 0.717) is 5.41 Å². The summed E-state index contributed by atoms with van der Waals surface area (Å²) in [6.45, 7) is 8.24. The van der Waals surface area contributed by atoms with Gasteiger partial charge in [-0.2, -0.15) is 0 Å². The summed E-state index contributed by atoms with van der Waals surface area (Å²) in [7, 11) is 2.08. The zero-order valence-electron chi connectivity index (χ0n) is 11.5. The van der Waals surface area contributed by atoms with Crippen molar-refractivity contribution >= 4 is 11.3 Å². The van der Waals surface area contributed by atoms with Crippen molar-refractivity contribution in [2.45, 2.75) is 46.0 Å². The van der Waals surface area contributed by atoms with E-state index in [9.17, 15) is 0 Å². The average molecular weight is 251 g/mol. The summed E-state index contributed by atoms with van der Waals surface area (Å²) in [4.78, 5) is 3.06.